The van der Waals surface area contributed by atoms with Gasteiger partial charge in [-0.05, 0) is 49.9 Å². The van der Waals surface area contributed by atoms with Gasteiger partial charge in [-0.25, -0.2) is 8.42 Å². The van der Waals surface area contributed by atoms with E-state index >= 15 is 0 Å². The Kier molecular flexibility index (Phi) is 7.09. The highest BCUT2D eigenvalue weighted by Gasteiger charge is 2.26. The first-order valence-corrected chi connectivity index (χ1v) is 11.8. The zero-order valence-electron chi connectivity index (χ0n) is 17.2. The van der Waals surface area contributed by atoms with E-state index in [0.29, 0.717) is 18.7 Å². The molecule has 1 N–H and O–H groups in total. The molecule has 0 spiro atoms. The highest BCUT2D eigenvalue weighted by molar-refractivity contribution is 7.89. The second-order valence-electron chi connectivity index (χ2n) is 7.69. The number of aryl methyl sites for hydroxylation is 1. The fourth-order valence-electron chi connectivity index (χ4n) is 3.69. The summed E-state index contributed by atoms with van der Waals surface area (Å²) in [5, 5.41) is 3.04. The Bertz CT molecular complexity index is 931. The highest BCUT2D eigenvalue weighted by Crippen LogP contribution is 2.22. The van der Waals surface area contributed by atoms with Gasteiger partial charge in [0.25, 0.3) is 5.91 Å². The molecule has 29 heavy (non-hydrogen) atoms. The van der Waals surface area contributed by atoms with Crippen LogP contribution >= 0.6 is 0 Å². The Hall–Kier alpha value is -2.18. The Morgan fingerprint density at radius 1 is 1.03 bits per heavy atom. The maximum Gasteiger partial charge on any atom is 0.251 e. The summed E-state index contributed by atoms with van der Waals surface area (Å²) in [6.07, 6.45) is 4.64. The molecule has 3 rings (SSSR count). The number of nitrogens with zero attached hydrogens (tertiary/aromatic N) is 1. The molecule has 0 bridgehead atoms. The van der Waals surface area contributed by atoms with Crippen LogP contribution in [0.1, 0.15) is 66.6 Å². The maximum absolute atomic E-state index is 13.0. The third-order valence-electron chi connectivity index (χ3n) is 5.49. The number of hydrogen-bond donors (Lipinski definition) is 1. The lowest BCUT2D eigenvalue weighted by Crippen LogP contribution is -2.32. The molecular weight excluding hydrogens is 384 g/mol. The van der Waals surface area contributed by atoms with Crippen molar-refractivity contribution in [2.45, 2.75) is 56.9 Å². The molecule has 156 valence electrons. The van der Waals surface area contributed by atoms with Crippen molar-refractivity contribution in [2.75, 3.05) is 13.1 Å². The Morgan fingerprint density at radius 2 is 1.69 bits per heavy atom. The van der Waals surface area contributed by atoms with Gasteiger partial charge in [-0.3, -0.25) is 4.79 Å². The van der Waals surface area contributed by atoms with Gasteiger partial charge < -0.3 is 5.32 Å². The van der Waals surface area contributed by atoms with Gasteiger partial charge in [0, 0.05) is 18.7 Å². The minimum atomic E-state index is -3.58. The molecule has 0 unspecified atom stereocenters. The van der Waals surface area contributed by atoms with E-state index in [1.54, 1.807) is 22.5 Å². The molecule has 6 heteroatoms. The molecule has 2 aromatic carbocycles. The maximum atomic E-state index is 13.0. The second kappa shape index (κ2) is 9.55. The van der Waals surface area contributed by atoms with Crippen molar-refractivity contribution in [2.24, 2.45) is 0 Å². The van der Waals surface area contributed by atoms with Gasteiger partial charge in [-0.1, -0.05) is 55.7 Å². The molecule has 0 aliphatic carbocycles. The van der Waals surface area contributed by atoms with Crippen molar-refractivity contribution in [1.29, 1.82) is 0 Å². The SMILES string of the molecule is CC[C@@H](NC(=O)c1cccc(S(=O)(=O)N2CCCCCC2)c1)c1ccc(C)cc1. The smallest absolute Gasteiger partial charge is 0.251 e. The first-order valence-electron chi connectivity index (χ1n) is 10.4. The normalized spacial score (nSPS) is 16.8. The van der Waals surface area contributed by atoms with Gasteiger partial charge in [-0.2, -0.15) is 4.31 Å². The van der Waals surface area contributed by atoms with Crippen LogP contribution < -0.4 is 5.32 Å². The van der Waals surface area contributed by atoms with E-state index in [-0.39, 0.29) is 16.8 Å². The Morgan fingerprint density at radius 3 is 2.31 bits per heavy atom. The van der Waals surface area contributed by atoms with E-state index in [1.807, 2.05) is 38.1 Å². The molecule has 1 heterocycles. The van der Waals surface area contributed by atoms with Crippen molar-refractivity contribution in [1.82, 2.24) is 9.62 Å². The third-order valence-corrected chi connectivity index (χ3v) is 7.39. The van der Waals surface area contributed by atoms with Crippen LogP contribution in [-0.4, -0.2) is 31.7 Å². The molecule has 1 atom stereocenters. The first-order chi connectivity index (χ1) is 13.9. The lowest BCUT2D eigenvalue weighted by atomic mass is 10.0. The monoisotopic (exact) mass is 414 g/mol. The molecule has 1 aliphatic heterocycles. The summed E-state index contributed by atoms with van der Waals surface area (Å²) in [7, 11) is -3.58. The van der Waals surface area contributed by atoms with Crippen molar-refractivity contribution >= 4 is 15.9 Å². The predicted molar refractivity (Wildman–Crippen MR) is 115 cm³/mol. The summed E-state index contributed by atoms with van der Waals surface area (Å²) in [6, 6.07) is 14.4. The van der Waals surface area contributed by atoms with Crippen LogP contribution in [0.5, 0.6) is 0 Å². The summed E-state index contributed by atoms with van der Waals surface area (Å²) in [4.78, 5) is 13.0. The summed E-state index contributed by atoms with van der Waals surface area (Å²) in [6.45, 7) is 5.14. The molecule has 5 nitrogen and oxygen atoms in total. The van der Waals surface area contributed by atoms with E-state index in [1.165, 1.54) is 11.6 Å². The highest BCUT2D eigenvalue weighted by atomic mass is 32.2. The topological polar surface area (TPSA) is 66.5 Å². The molecule has 1 aliphatic rings. The number of sulfonamides is 1. The minimum Gasteiger partial charge on any atom is -0.345 e. The zero-order valence-corrected chi connectivity index (χ0v) is 18.0. The Balaban J connectivity index is 1.79. The van der Waals surface area contributed by atoms with Crippen LogP contribution in [-0.2, 0) is 10.0 Å². The summed E-state index contributed by atoms with van der Waals surface area (Å²) >= 11 is 0. The molecule has 0 radical (unpaired) electrons. The van der Waals surface area contributed by atoms with Gasteiger partial charge in [0.1, 0.15) is 0 Å². The van der Waals surface area contributed by atoms with Gasteiger partial charge >= 0.3 is 0 Å². The predicted octanol–water partition coefficient (Wildman–Crippen LogP) is 4.44. The van der Waals surface area contributed by atoms with Crippen LogP contribution in [0.2, 0.25) is 0 Å². The van der Waals surface area contributed by atoms with Crippen LogP contribution in [0.25, 0.3) is 0 Å². The van der Waals surface area contributed by atoms with Gasteiger partial charge in [0.2, 0.25) is 10.0 Å². The van der Waals surface area contributed by atoms with Gasteiger partial charge in [0.05, 0.1) is 10.9 Å². The number of amides is 1. The molecule has 2 aromatic rings. The molecule has 0 aromatic heterocycles. The van der Waals surface area contributed by atoms with Crippen molar-refractivity contribution < 1.29 is 13.2 Å². The van der Waals surface area contributed by atoms with Crippen LogP contribution in [0.3, 0.4) is 0 Å². The third kappa shape index (κ3) is 5.25. The molecule has 1 amide bonds. The lowest BCUT2D eigenvalue weighted by molar-refractivity contribution is 0.0935. The quantitative estimate of drug-likeness (QED) is 0.760. The average Bonchev–Trinajstić information content (AvgIpc) is 3.03. The van der Waals surface area contributed by atoms with Crippen molar-refractivity contribution in [3.8, 4) is 0 Å². The molecule has 0 saturated carbocycles. The lowest BCUT2D eigenvalue weighted by Gasteiger charge is -2.21. The summed E-state index contributed by atoms with van der Waals surface area (Å²) in [5.74, 6) is -0.259. The number of hydrogen-bond acceptors (Lipinski definition) is 3. The number of carbonyl (C=O) groups excluding carboxylic acids is 1. The standard InChI is InChI=1S/C23H30N2O3S/c1-3-22(19-13-11-18(2)12-14-19)24-23(26)20-9-8-10-21(17-20)29(27,28)25-15-6-4-5-7-16-25/h8-14,17,22H,3-7,15-16H2,1-2H3,(H,24,26)/t22-/m1/s1. The van der Waals surface area contributed by atoms with E-state index in [4.69, 9.17) is 0 Å². The van der Waals surface area contributed by atoms with Crippen molar-refractivity contribution in [3.63, 3.8) is 0 Å². The fourth-order valence-corrected chi connectivity index (χ4v) is 5.25. The fraction of sp³-hybridized carbons (Fsp3) is 0.435. The summed E-state index contributed by atoms with van der Waals surface area (Å²) < 4.78 is 27.6. The van der Waals surface area contributed by atoms with E-state index in [2.05, 4.69) is 5.32 Å². The average molecular weight is 415 g/mol. The van der Waals surface area contributed by atoms with Crippen LogP contribution in [0, 0.1) is 6.92 Å². The van der Waals surface area contributed by atoms with E-state index < -0.39 is 10.0 Å². The van der Waals surface area contributed by atoms with E-state index in [9.17, 15) is 13.2 Å². The zero-order chi connectivity index (χ0) is 20.9. The van der Waals surface area contributed by atoms with Gasteiger partial charge in [0.15, 0.2) is 0 Å². The van der Waals surface area contributed by atoms with Gasteiger partial charge in [-0.15, -0.1) is 0 Å². The van der Waals surface area contributed by atoms with Crippen molar-refractivity contribution in [3.05, 3.63) is 65.2 Å². The van der Waals surface area contributed by atoms with E-state index in [0.717, 1.165) is 37.7 Å². The minimum absolute atomic E-state index is 0.117. The Labute approximate surface area is 174 Å². The van der Waals surface area contributed by atoms with Crippen LogP contribution in [0.4, 0.5) is 0 Å². The largest absolute Gasteiger partial charge is 0.345 e. The number of carbonyl (C=O) groups is 1. The number of rotatable bonds is 6. The number of nitrogens with one attached hydrogen (secondary N) is 1. The molecule has 1 saturated heterocycles. The van der Waals surface area contributed by atoms with Crippen LogP contribution in [0.15, 0.2) is 53.4 Å². The first kappa shape index (κ1) is 21.5. The number of benzene rings is 2. The second-order valence-corrected chi connectivity index (χ2v) is 9.63. The molecular formula is C23H30N2O3S. The summed E-state index contributed by atoms with van der Waals surface area (Å²) in [5.41, 5.74) is 2.58. The molecule has 1 fully saturated rings.